The second-order valence-corrected chi connectivity index (χ2v) is 13.1. The lowest BCUT2D eigenvalue weighted by Crippen LogP contribution is -2.49. The van der Waals surface area contributed by atoms with Gasteiger partial charge in [0.05, 0.1) is 0 Å². The van der Waals surface area contributed by atoms with E-state index in [0.717, 1.165) is 0 Å². The molecule has 0 aromatic heterocycles. The Morgan fingerprint density at radius 2 is 1.45 bits per heavy atom. The maximum Gasteiger partial charge on any atom is 0.534 e. The summed E-state index contributed by atoms with van der Waals surface area (Å²) in [7, 11) is -5.84. The van der Waals surface area contributed by atoms with E-state index < -0.39 is 67.2 Å². The van der Waals surface area contributed by atoms with E-state index in [4.69, 9.17) is 4.74 Å². The fourth-order valence-corrected chi connectivity index (χ4v) is 7.87. The van der Waals surface area contributed by atoms with Crippen LogP contribution in [0.4, 0.5) is 43.9 Å². The Labute approximate surface area is 234 Å². The van der Waals surface area contributed by atoms with Crippen LogP contribution in [0.1, 0.15) is 57.9 Å². The molecule has 42 heavy (non-hydrogen) atoms. The van der Waals surface area contributed by atoms with Crippen LogP contribution >= 0.6 is 0 Å². The van der Waals surface area contributed by atoms with Crippen LogP contribution in [0.5, 0.6) is 5.75 Å². The lowest BCUT2D eigenvalue weighted by atomic mass is 9.48. The molecule has 1 saturated carbocycles. The summed E-state index contributed by atoms with van der Waals surface area (Å²) in [6.07, 6.45) is 0.798. The number of benzene rings is 1. The first kappa shape index (κ1) is 30.7. The van der Waals surface area contributed by atoms with Crippen LogP contribution in [0, 0.1) is 51.9 Å². The maximum atomic E-state index is 14.4. The molecule has 232 valence electrons. The second-order valence-electron chi connectivity index (χ2n) is 11.6. The highest BCUT2D eigenvalue weighted by atomic mass is 32.2. The van der Waals surface area contributed by atoms with Crippen molar-refractivity contribution in [2.45, 2.75) is 64.1 Å². The molecule has 0 saturated heterocycles. The fourth-order valence-electron chi connectivity index (χ4n) is 7.28. The van der Waals surface area contributed by atoms with E-state index in [9.17, 15) is 52.3 Å². The largest absolute Gasteiger partial charge is 0.534 e. The van der Waals surface area contributed by atoms with Gasteiger partial charge >= 0.3 is 21.8 Å². The van der Waals surface area contributed by atoms with Gasteiger partial charge in [0.15, 0.2) is 11.6 Å². The van der Waals surface area contributed by atoms with Gasteiger partial charge < -0.3 is 8.92 Å². The molecule has 4 aliphatic rings. The van der Waals surface area contributed by atoms with Gasteiger partial charge in [0.1, 0.15) is 17.1 Å². The summed E-state index contributed by atoms with van der Waals surface area (Å²) in [5.41, 5.74) is -9.11. The second kappa shape index (κ2) is 9.65. The summed E-state index contributed by atoms with van der Waals surface area (Å²) in [5, 5.41) is 0. The van der Waals surface area contributed by atoms with Gasteiger partial charge in [-0.15, -0.1) is 0 Å². The zero-order valence-electron chi connectivity index (χ0n) is 22.0. The van der Waals surface area contributed by atoms with Gasteiger partial charge in [-0.2, -0.15) is 43.5 Å². The third kappa shape index (κ3) is 4.60. The van der Waals surface area contributed by atoms with Crippen LogP contribution in [0.15, 0.2) is 35.3 Å². The van der Waals surface area contributed by atoms with E-state index in [1.807, 2.05) is 6.92 Å². The Balaban J connectivity index is 1.40. The van der Waals surface area contributed by atoms with Crippen LogP contribution in [0.2, 0.25) is 0 Å². The van der Waals surface area contributed by atoms with Crippen molar-refractivity contribution in [2.75, 3.05) is 0 Å². The fraction of sp³-hybridized carbons (Fsp3) is 0.556. The number of ether oxygens (including phenoxy) is 1. The van der Waals surface area contributed by atoms with Crippen molar-refractivity contribution in [3.63, 3.8) is 0 Å². The SMILES string of the molecule is C[C@]12CCC(Oc3c(F)c(F)c(C(F)(F)F)c(F)c3F)=CC1=CCC1C2CC[C@]2(C)C(OS(=O)(=O)C(F)(F)F)=CCC12. The molecule has 0 spiro atoms. The summed E-state index contributed by atoms with van der Waals surface area (Å²) >= 11 is 0. The highest BCUT2D eigenvalue weighted by molar-refractivity contribution is 7.87. The molecule has 3 unspecified atom stereocenters. The number of fused-ring (bicyclic) bond motifs is 5. The first-order chi connectivity index (χ1) is 19.2. The summed E-state index contributed by atoms with van der Waals surface area (Å²) < 4.78 is 168. The molecule has 1 aromatic rings. The zero-order chi connectivity index (χ0) is 31.2. The number of hydrogen-bond donors (Lipinski definition) is 0. The zero-order valence-corrected chi connectivity index (χ0v) is 22.8. The monoisotopic (exact) mass is 634 g/mol. The number of hydrogen-bond acceptors (Lipinski definition) is 4. The lowest BCUT2D eigenvalue weighted by Gasteiger charge is -2.56. The van der Waals surface area contributed by atoms with Gasteiger partial charge in [-0.25, -0.2) is 8.78 Å². The first-order valence-electron chi connectivity index (χ1n) is 13.0. The molecular weight excluding hydrogens is 610 g/mol. The minimum Gasteiger partial charge on any atom is -0.455 e. The third-order valence-corrected chi connectivity index (χ3v) is 10.4. The van der Waals surface area contributed by atoms with Crippen molar-refractivity contribution in [3.8, 4) is 5.75 Å². The van der Waals surface area contributed by atoms with Gasteiger partial charge in [0.2, 0.25) is 17.4 Å². The molecule has 0 heterocycles. The normalized spacial score (nSPS) is 31.3. The summed E-state index contributed by atoms with van der Waals surface area (Å²) in [6.45, 7) is 3.61. The Bertz CT molecular complexity index is 1500. The third-order valence-electron chi connectivity index (χ3n) is 9.46. The minimum atomic E-state index is -5.84. The smallest absolute Gasteiger partial charge is 0.455 e. The van der Waals surface area contributed by atoms with Crippen molar-refractivity contribution >= 4 is 10.1 Å². The van der Waals surface area contributed by atoms with Crippen molar-refractivity contribution in [1.29, 1.82) is 0 Å². The predicted octanol–water partition coefficient (Wildman–Crippen LogP) is 8.46. The molecule has 5 rings (SSSR count). The number of rotatable bonds is 4. The van der Waals surface area contributed by atoms with Gasteiger partial charge in [-0.05, 0) is 73.0 Å². The van der Waals surface area contributed by atoms with Crippen molar-refractivity contribution in [3.05, 3.63) is 64.2 Å². The van der Waals surface area contributed by atoms with Gasteiger partial charge in [0, 0.05) is 11.8 Å². The highest BCUT2D eigenvalue weighted by Crippen LogP contribution is 2.65. The molecule has 4 aliphatic carbocycles. The van der Waals surface area contributed by atoms with Crippen molar-refractivity contribution in [2.24, 2.45) is 28.6 Å². The van der Waals surface area contributed by atoms with E-state index in [2.05, 4.69) is 4.18 Å². The van der Waals surface area contributed by atoms with E-state index in [1.165, 1.54) is 12.2 Å². The highest BCUT2D eigenvalue weighted by Gasteiger charge is 2.59. The topological polar surface area (TPSA) is 52.6 Å². The van der Waals surface area contributed by atoms with Crippen LogP contribution in [-0.2, 0) is 20.5 Å². The molecule has 0 aliphatic heterocycles. The molecule has 0 N–H and O–H groups in total. The molecule has 1 aromatic carbocycles. The van der Waals surface area contributed by atoms with E-state index in [1.54, 1.807) is 13.0 Å². The first-order valence-corrected chi connectivity index (χ1v) is 14.4. The Morgan fingerprint density at radius 3 is 2.02 bits per heavy atom. The van der Waals surface area contributed by atoms with Gasteiger partial charge in [-0.1, -0.05) is 19.9 Å². The van der Waals surface area contributed by atoms with Crippen molar-refractivity contribution < 1.29 is 61.2 Å². The maximum absolute atomic E-state index is 14.4. The Kier molecular flexibility index (Phi) is 7.06. The van der Waals surface area contributed by atoms with Crippen LogP contribution < -0.4 is 4.74 Å². The molecule has 0 amide bonds. The lowest BCUT2D eigenvalue weighted by molar-refractivity contribution is -0.143. The summed E-state index contributed by atoms with van der Waals surface area (Å²) in [5.74, 6) is -12.2. The van der Waals surface area contributed by atoms with Gasteiger partial charge in [0.25, 0.3) is 0 Å². The number of allylic oxidation sites excluding steroid dienone is 6. The molecule has 1 fully saturated rings. The van der Waals surface area contributed by atoms with Crippen LogP contribution in [-0.4, -0.2) is 13.9 Å². The Hall–Kier alpha value is -2.71. The van der Waals surface area contributed by atoms with Crippen LogP contribution in [0.3, 0.4) is 0 Å². The summed E-state index contributed by atoms with van der Waals surface area (Å²) in [4.78, 5) is 0. The van der Waals surface area contributed by atoms with Crippen LogP contribution in [0.25, 0.3) is 0 Å². The molecule has 5 atom stereocenters. The molecular formula is C27H24F10O4S. The van der Waals surface area contributed by atoms with Gasteiger partial charge in [-0.3, -0.25) is 0 Å². The summed E-state index contributed by atoms with van der Waals surface area (Å²) in [6, 6.07) is 0. The average molecular weight is 635 g/mol. The quantitative estimate of drug-likeness (QED) is 0.144. The standard InChI is InChI=1S/C27H24F10O4S/c1-24-9-7-13(40-23-21(30)19(28)18(26(32,33)34)20(29)22(23)31)11-12(24)3-4-14-15-5-6-17(25(15,2)10-8-16(14)24)41-42(38,39)27(35,36)37/h3,6,11,14-16H,4-5,7-10H2,1-2H3/t14?,15?,16?,24-,25-/m0/s1. The average Bonchev–Trinajstić information content (AvgIpc) is 3.19. The minimum absolute atomic E-state index is 0.0125. The molecule has 0 radical (unpaired) electrons. The van der Waals surface area contributed by atoms with E-state index in [0.29, 0.717) is 37.7 Å². The van der Waals surface area contributed by atoms with E-state index in [-0.39, 0.29) is 35.7 Å². The molecule has 0 bridgehead atoms. The Morgan fingerprint density at radius 1 is 0.833 bits per heavy atom. The number of halogens is 10. The van der Waals surface area contributed by atoms with Crippen molar-refractivity contribution in [1.82, 2.24) is 0 Å². The molecule has 15 heteroatoms. The molecule has 4 nitrogen and oxygen atoms in total. The van der Waals surface area contributed by atoms with E-state index >= 15 is 0 Å². The predicted molar refractivity (Wildman–Crippen MR) is 127 cm³/mol. The number of alkyl halides is 6.